The van der Waals surface area contributed by atoms with Crippen LogP contribution in [0.4, 0.5) is 4.39 Å². The van der Waals surface area contributed by atoms with Crippen LogP contribution in [0.5, 0.6) is 0 Å². The number of benzene rings is 1. The van der Waals surface area contributed by atoms with E-state index in [1.165, 1.54) is 12.1 Å². The zero-order valence-corrected chi connectivity index (χ0v) is 16.6. The lowest BCUT2D eigenvalue weighted by molar-refractivity contribution is -0.120. The molecule has 0 saturated carbocycles. The van der Waals surface area contributed by atoms with Crippen LogP contribution in [0, 0.1) is 5.82 Å². The molecule has 0 fully saturated rings. The minimum Gasteiger partial charge on any atom is -0.359 e. The summed E-state index contributed by atoms with van der Waals surface area (Å²) in [5.41, 5.74) is 1.68. The second-order valence-electron chi connectivity index (χ2n) is 6.65. The van der Waals surface area contributed by atoms with E-state index in [9.17, 15) is 9.18 Å². The van der Waals surface area contributed by atoms with Crippen LogP contribution in [0.2, 0.25) is 0 Å². The minimum absolute atomic E-state index is 0.113. The van der Waals surface area contributed by atoms with Gasteiger partial charge in [0.2, 0.25) is 5.91 Å². The average molecular weight is 389 g/mol. The molecule has 0 bridgehead atoms. The number of halogens is 1. The van der Waals surface area contributed by atoms with Crippen molar-refractivity contribution in [2.75, 3.05) is 19.6 Å². The molecule has 2 aromatic rings. The fourth-order valence-corrected chi connectivity index (χ4v) is 2.41. The van der Waals surface area contributed by atoms with Gasteiger partial charge in [0, 0.05) is 25.7 Å². The highest BCUT2D eigenvalue weighted by Crippen LogP contribution is 2.14. The predicted octanol–water partition coefficient (Wildman–Crippen LogP) is 2.35. The Morgan fingerprint density at radius 2 is 1.89 bits per heavy atom. The molecule has 3 N–H and O–H groups in total. The van der Waals surface area contributed by atoms with Gasteiger partial charge in [0.05, 0.1) is 12.1 Å². The average Bonchev–Trinajstić information content (AvgIpc) is 3.14. The number of nitrogens with one attached hydrogen (secondary N) is 3. The quantitative estimate of drug-likeness (QED) is 0.348. The van der Waals surface area contributed by atoms with E-state index in [4.69, 9.17) is 4.52 Å². The van der Waals surface area contributed by atoms with Crippen LogP contribution in [0.1, 0.15) is 43.7 Å². The topological polar surface area (TPSA) is 91.6 Å². The molecule has 2 rings (SSSR count). The Bertz CT molecular complexity index is 771. The number of aliphatic imine (C=N–C) groups is 1. The summed E-state index contributed by atoms with van der Waals surface area (Å²) in [6, 6.07) is 7.83. The van der Waals surface area contributed by atoms with Crippen LogP contribution >= 0.6 is 0 Å². The van der Waals surface area contributed by atoms with Crippen molar-refractivity contribution in [3.8, 4) is 0 Å². The van der Waals surface area contributed by atoms with Gasteiger partial charge in [0.15, 0.2) is 11.7 Å². The summed E-state index contributed by atoms with van der Waals surface area (Å²) in [5.74, 6) is 1.23. The van der Waals surface area contributed by atoms with Gasteiger partial charge in [-0.3, -0.25) is 4.79 Å². The second-order valence-corrected chi connectivity index (χ2v) is 6.65. The molecule has 0 unspecified atom stereocenters. The Kier molecular flexibility index (Phi) is 8.45. The highest BCUT2D eigenvalue weighted by molar-refractivity contribution is 5.80. The molecule has 152 valence electrons. The van der Waals surface area contributed by atoms with Crippen LogP contribution in [0.3, 0.4) is 0 Å². The molecule has 0 aliphatic heterocycles. The fraction of sp³-hybridized carbons (Fsp3) is 0.450. The summed E-state index contributed by atoms with van der Waals surface area (Å²) in [6.07, 6.45) is 0.220. The molecule has 0 spiro atoms. The number of aromatic nitrogens is 1. The maximum Gasteiger partial charge on any atom is 0.224 e. The Morgan fingerprint density at radius 3 is 2.54 bits per heavy atom. The molecule has 1 heterocycles. The van der Waals surface area contributed by atoms with Crippen LogP contribution in [-0.2, 0) is 17.8 Å². The summed E-state index contributed by atoms with van der Waals surface area (Å²) in [7, 11) is 0. The molecule has 1 aromatic heterocycles. The third-order valence-corrected chi connectivity index (χ3v) is 3.92. The van der Waals surface area contributed by atoms with Crippen molar-refractivity contribution in [1.82, 2.24) is 21.1 Å². The van der Waals surface area contributed by atoms with E-state index in [1.54, 1.807) is 12.1 Å². The molecular formula is C20H28FN5O2. The molecule has 28 heavy (non-hydrogen) atoms. The molecule has 8 heteroatoms. The standard InChI is InChI=1S/C20H28FN5O2/c1-4-22-20(25-13-17-12-18(14(2)3)26-28-17)24-10-9-23-19(27)11-15-5-7-16(21)8-6-15/h5-8,12,14H,4,9-11,13H2,1-3H3,(H,23,27)(H2,22,24,25). The van der Waals surface area contributed by atoms with E-state index in [-0.39, 0.29) is 18.1 Å². The first-order chi connectivity index (χ1) is 13.5. The van der Waals surface area contributed by atoms with Crippen LogP contribution in [0.15, 0.2) is 39.8 Å². The monoisotopic (exact) mass is 389 g/mol. The first kappa shape index (κ1) is 21.4. The summed E-state index contributed by atoms with van der Waals surface area (Å²) in [5, 5.41) is 13.2. The van der Waals surface area contributed by atoms with Crippen LogP contribution in [0.25, 0.3) is 0 Å². The maximum absolute atomic E-state index is 12.9. The number of carbonyl (C=O) groups is 1. The third kappa shape index (κ3) is 7.38. The third-order valence-electron chi connectivity index (χ3n) is 3.92. The van der Waals surface area contributed by atoms with E-state index in [2.05, 4.69) is 39.9 Å². The number of carbonyl (C=O) groups excluding carboxylic acids is 1. The first-order valence-corrected chi connectivity index (χ1v) is 9.46. The molecule has 1 amide bonds. The van der Waals surface area contributed by atoms with Gasteiger partial charge in [-0.2, -0.15) is 0 Å². The van der Waals surface area contributed by atoms with Crippen molar-refractivity contribution >= 4 is 11.9 Å². The molecule has 7 nitrogen and oxygen atoms in total. The van der Waals surface area contributed by atoms with Crippen molar-refractivity contribution in [2.45, 2.75) is 39.7 Å². The van der Waals surface area contributed by atoms with Gasteiger partial charge in [-0.05, 0) is 30.5 Å². The van der Waals surface area contributed by atoms with E-state index < -0.39 is 0 Å². The van der Waals surface area contributed by atoms with Gasteiger partial charge >= 0.3 is 0 Å². The van der Waals surface area contributed by atoms with Gasteiger partial charge < -0.3 is 20.5 Å². The molecule has 0 saturated heterocycles. The molecular weight excluding hydrogens is 361 g/mol. The Balaban J connectivity index is 1.74. The Labute approximate surface area is 164 Å². The number of guanidine groups is 1. The van der Waals surface area contributed by atoms with Crippen LogP contribution in [-0.4, -0.2) is 36.7 Å². The lowest BCUT2D eigenvalue weighted by atomic mass is 10.1. The molecule has 0 aliphatic carbocycles. The highest BCUT2D eigenvalue weighted by Gasteiger charge is 2.08. The number of hydrogen-bond acceptors (Lipinski definition) is 4. The molecule has 1 aromatic carbocycles. The fourth-order valence-electron chi connectivity index (χ4n) is 2.41. The van der Waals surface area contributed by atoms with E-state index in [0.29, 0.717) is 37.3 Å². The zero-order valence-electron chi connectivity index (χ0n) is 16.6. The van der Waals surface area contributed by atoms with Crippen molar-refractivity contribution in [2.24, 2.45) is 4.99 Å². The van der Waals surface area contributed by atoms with Gasteiger partial charge in [0.25, 0.3) is 0 Å². The van der Waals surface area contributed by atoms with Gasteiger partial charge in [0.1, 0.15) is 12.4 Å². The SMILES string of the molecule is CCNC(=NCc1cc(C(C)C)no1)NCCNC(=O)Cc1ccc(F)cc1. The van der Waals surface area contributed by atoms with Crippen molar-refractivity contribution in [3.05, 3.63) is 53.2 Å². The number of hydrogen-bond donors (Lipinski definition) is 3. The number of nitrogens with zero attached hydrogens (tertiary/aromatic N) is 2. The van der Waals surface area contributed by atoms with Gasteiger partial charge in [-0.25, -0.2) is 9.38 Å². The molecule has 0 radical (unpaired) electrons. The second kappa shape index (κ2) is 11.1. The zero-order chi connectivity index (χ0) is 20.4. The van der Waals surface area contributed by atoms with Crippen molar-refractivity contribution < 1.29 is 13.7 Å². The summed E-state index contributed by atoms with van der Waals surface area (Å²) in [6.45, 7) is 8.16. The maximum atomic E-state index is 12.9. The van der Waals surface area contributed by atoms with Gasteiger partial charge in [-0.1, -0.05) is 31.1 Å². The predicted molar refractivity (Wildman–Crippen MR) is 107 cm³/mol. The number of rotatable bonds is 9. The Morgan fingerprint density at radius 1 is 1.18 bits per heavy atom. The van der Waals surface area contributed by atoms with Gasteiger partial charge in [-0.15, -0.1) is 0 Å². The highest BCUT2D eigenvalue weighted by atomic mass is 19.1. The largest absolute Gasteiger partial charge is 0.359 e. The minimum atomic E-state index is -0.311. The summed E-state index contributed by atoms with van der Waals surface area (Å²) < 4.78 is 18.2. The lowest BCUT2D eigenvalue weighted by Crippen LogP contribution is -2.41. The molecule has 0 atom stereocenters. The van der Waals surface area contributed by atoms with E-state index in [1.807, 2.05) is 13.0 Å². The summed E-state index contributed by atoms with van der Waals surface area (Å²) in [4.78, 5) is 16.4. The lowest BCUT2D eigenvalue weighted by Gasteiger charge is -2.11. The van der Waals surface area contributed by atoms with E-state index in [0.717, 1.165) is 17.8 Å². The van der Waals surface area contributed by atoms with E-state index >= 15 is 0 Å². The number of amides is 1. The molecule has 0 aliphatic rings. The Hall–Kier alpha value is -2.90. The smallest absolute Gasteiger partial charge is 0.224 e. The first-order valence-electron chi connectivity index (χ1n) is 9.46. The normalized spacial score (nSPS) is 11.5. The van der Waals surface area contributed by atoms with Crippen molar-refractivity contribution in [1.29, 1.82) is 0 Å². The van der Waals surface area contributed by atoms with Crippen LogP contribution < -0.4 is 16.0 Å². The summed E-state index contributed by atoms with van der Waals surface area (Å²) >= 11 is 0. The van der Waals surface area contributed by atoms with Crippen molar-refractivity contribution in [3.63, 3.8) is 0 Å².